The van der Waals surface area contributed by atoms with E-state index in [2.05, 4.69) is 40.5 Å². The van der Waals surface area contributed by atoms with Crippen LogP contribution in [-0.2, 0) is 26.9 Å². The molecule has 0 bridgehead atoms. The van der Waals surface area contributed by atoms with Crippen LogP contribution >= 0.6 is 15.9 Å². The molecular weight excluding hydrogens is 540 g/mol. The van der Waals surface area contributed by atoms with Crippen LogP contribution < -0.4 is 10.8 Å². The molecule has 0 radical (unpaired) electrons. The molecule has 11 nitrogen and oxygen atoms in total. The minimum atomic E-state index is -3.13. The first-order chi connectivity index (χ1) is 16.1. The molecule has 178 valence electrons. The van der Waals surface area contributed by atoms with Gasteiger partial charge in [-0.25, -0.2) is 18.5 Å². The van der Waals surface area contributed by atoms with E-state index in [1.165, 1.54) is 10.9 Å². The SMILES string of the molecule is N#C[C@@H]1CC(F)(F)CN1C(=O)CNC(=O)c1cn(Cc2ccc(C3=NS(=O)ON3)cc2)nc1Br. The van der Waals surface area contributed by atoms with Gasteiger partial charge in [0.1, 0.15) is 10.6 Å². The highest BCUT2D eigenvalue weighted by molar-refractivity contribution is 9.10. The number of hydrogen-bond acceptors (Lipinski definition) is 7. The van der Waals surface area contributed by atoms with Crippen molar-refractivity contribution in [3.05, 3.63) is 51.8 Å². The van der Waals surface area contributed by atoms with Gasteiger partial charge in [-0.3, -0.25) is 14.3 Å². The average Bonchev–Trinajstić information content (AvgIpc) is 3.48. The van der Waals surface area contributed by atoms with Gasteiger partial charge < -0.3 is 10.2 Å². The van der Waals surface area contributed by atoms with Crippen LogP contribution in [0.4, 0.5) is 8.78 Å². The molecule has 4 rings (SSSR count). The van der Waals surface area contributed by atoms with E-state index in [9.17, 15) is 22.6 Å². The number of aromatic nitrogens is 2. The second kappa shape index (κ2) is 9.57. The fourth-order valence-electron chi connectivity index (χ4n) is 3.43. The molecule has 0 aliphatic carbocycles. The van der Waals surface area contributed by atoms with Crippen LogP contribution in [0.2, 0.25) is 0 Å². The average molecular weight is 556 g/mol. The highest BCUT2D eigenvalue weighted by Gasteiger charge is 2.47. The summed E-state index contributed by atoms with van der Waals surface area (Å²) in [5.41, 5.74) is 4.14. The number of nitriles is 1. The zero-order chi connectivity index (χ0) is 24.5. The van der Waals surface area contributed by atoms with Crippen LogP contribution in [0.1, 0.15) is 27.9 Å². The summed E-state index contributed by atoms with van der Waals surface area (Å²) in [7, 11) is 0. The number of amidine groups is 1. The monoisotopic (exact) mass is 555 g/mol. The second-order valence-electron chi connectivity index (χ2n) is 7.48. The van der Waals surface area contributed by atoms with Gasteiger partial charge >= 0.3 is 11.3 Å². The Bertz CT molecular complexity index is 1230. The van der Waals surface area contributed by atoms with Gasteiger partial charge in [0.25, 0.3) is 11.8 Å². The summed E-state index contributed by atoms with van der Waals surface area (Å²) in [5.74, 6) is -4.18. The van der Waals surface area contributed by atoms with Crippen LogP contribution in [0.15, 0.2) is 39.5 Å². The van der Waals surface area contributed by atoms with E-state index in [0.29, 0.717) is 17.9 Å². The maximum atomic E-state index is 13.5. The normalized spacial score (nSPS) is 21.0. The molecule has 34 heavy (non-hydrogen) atoms. The number of amides is 2. The van der Waals surface area contributed by atoms with Gasteiger partial charge in [0.2, 0.25) is 5.91 Å². The summed E-state index contributed by atoms with van der Waals surface area (Å²) in [6, 6.07) is 7.56. The standard InChI is InChI=1S/C19H16BrF2N7O4S/c20-16-14(18(31)24-7-15(30)29-10-19(21,22)5-13(29)6-23)9-28(25-16)8-11-1-3-12(4-2-11)17-26-33-34(32)27-17/h1-4,9,13H,5,7-8,10H2,(H,24,31)(H,26,27)/t13-,34?/m0/s1. The fourth-order valence-corrected chi connectivity index (χ4v) is 4.40. The van der Waals surface area contributed by atoms with Crippen molar-refractivity contribution in [1.82, 2.24) is 25.5 Å². The van der Waals surface area contributed by atoms with Gasteiger partial charge in [-0.05, 0) is 21.5 Å². The van der Waals surface area contributed by atoms with Crippen LogP contribution in [0, 0.1) is 11.3 Å². The van der Waals surface area contributed by atoms with E-state index >= 15 is 0 Å². The van der Waals surface area contributed by atoms with Crippen LogP contribution in [0.5, 0.6) is 0 Å². The van der Waals surface area contributed by atoms with E-state index in [4.69, 9.17) is 5.26 Å². The van der Waals surface area contributed by atoms with Crippen LogP contribution in [0.3, 0.4) is 0 Å². The summed E-state index contributed by atoms with van der Waals surface area (Å²) in [6.07, 6.45) is 0.750. The Balaban J connectivity index is 1.36. The van der Waals surface area contributed by atoms with Crippen molar-refractivity contribution >= 4 is 44.8 Å². The molecule has 0 saturated carbocycles. The lowest BCUT2D eigenvalue weighted by atomic mass is 10.1. The molecule has 1 aromatic heterocycles. The molecule has 3 heterocycles. The molecule has 2 atom stereocenters. The van der Waals surface area contributed by atoms with Gasteiger partial charge in [0.05, 0.1) is 31.3 Å². The van der Waals surface area contributed by atoms with Gasteiger partial charge in [-0.15, -0.1) is 4.40 Å². The number of carbonyl (C=O) groups is 2. The van der Waals surface area contributed by atoms with Crippen molar-refractivity contribution in [3.8, 4) is 6.07 Å². The zero-order valence-electron chi connectivity index (χ0n) is 17.2. The summed E-state index contributed by atoms with van der Waals surface area (Å²) in [4.78, 5) is 25.6. The number of nitrogens with one attached hydrogen (secondary N) is 2. The van der Waals surface area contributed by atoms with Crippen molar-refractivity contribution < 1.29 is 26.9 Å². The Morgan fingerprint density at radius 2 is 2.12 bits per heavy atom. The smallest absolute Gasteiger partial charge is 0.309 e. The van der Waals surface area contributed by atoms with E-state index < -0.39 is 54.6 Å². The Hall–Kier alpha value is -3.22. The molecule has 2 N–H and O–H groups in total. The van der Waals surface area contributed by atoms with Gasteiger partial charge in [-0.2, -0.15) is 14.6 Å². The third-order valence-corrected chi connectivity index (χ3v) is 6.19. The number of halogens is 3. The number of carbonyl (C=O) groups excluding carboxylic acids is 2. The lowest BCUT2D eigenvalue weighted by Crippen LogP contribution is -2.42. The fraction of sp³-hybridized carbons (Fsp3) is 0.316. The highest BCUT2D eigenvalue weighted by atomic mass is 79.9. The molecule has 1 unspecified atom stereocenters. The molecule has 2 amide bonds. The van der Waals surface area contributed by atoms with Crippen molar-refractivity contribution in [2.75, 3.05) is 13.1 Å². The number of nitrogens with zero attached hydrogens (tertiary/aromatic N) is 5. The topological polar surface area (TPSA) is 142 Å². The first kappa shape index (κ1) is 23.9. The van der Waals surface area contributed by atoms with Crippen molar-refractivity contribution in [2.24, 2.45) is 4.40 Å². The third-order valence-electron chi connectivity index (χ3n) is 5.05. The molecule has 1 aromatic carbocycles. The highest BCUT2D eigenvalue weighted by Crippen LogP contribution is 2.31. The first-order valence-electron chi connectivity index (χ1n) is 9.76. The lowest BCUT2D eigenvalue weighted by molar-refractivity contribution is -0.131. The number of likely N-dealkylation sites (tertiary alicyclic amines) is 1. The van der Waals surface area contributed by atoms with E-state index in [-0.39, 0.29) is 10.2 Å². The molecule has 1 fully saturated rings. The Morgan fingerprint density at radius 3 is 2.76 bits per heavy atom. The van der Waals surface area contributed by atoms with Gasteiger partial charge in [0, 0.05) is 18.2 Å². The lowest BCUT2D eigenvalue weighted by Gasteiger charge is -2.19. The quantitative estimate of drug-likeness (QED) is 0.542. The second-order valence-corrected chi connectivity index (χ2v) is 9.01. The minimum Gasteiger partial charge on any atom is -0.343 e. The van der Waals surface area contributed by atoms with E-state index in [1.54, 1.807) is 30.3 Å². The molecule has 0 spiro atoms. The number of rotatable bonds is 6. The molecular formula is C19H16BrF2N7O4S. The number of hydroxylamine groups is 1. The predicted molar refractivity (Wildman–Crippen MR) is 117 cm³/mol. The van der Waals surface area contributed by atoms with E-state index in [1.807, 2.05) is 0 Å². The number of hydrogen-bond donors (Lipinski definition) is 2. The molecule has 15 heteroatoms. The minimum absolute atomic E-state index is 0.150. The third kappa shape index (κ3) is 5.29. The summed E-state index contributed by atoms with van der Waals surface area (Å²) < 4.78 is 48.4. The first-order valence-corrected chi connectivity index (χ1v) is 11.6. The van der Waals surface area contributed by atoms with Gasteiger partial charge in [-0.1, -0.05) is 24.3 Å². The van der Waals surface area contributed by atoms with Gasteiger partial charge in [0.15, 0.2) is 5.84 Å². The maximum Gasteiger partial charge on any atom is 0.309 e. The summed E-state index contributed by atoms with van der Waals surface area (Å²) >= 11 is 1.45. The predicted octanol–water partition coefficient (Wildman–Crippen LogP) is 1.04. The molecule has 1 saturated heterocycles. The van der Waals surface area contributed by atoms with Crippen molar-refractivity contribution in [2.45, 2.75) is 24.9 Å². The summed E-state index contributed by atoms with van der Waals surface area (Å²) in [6.45, 7) is -1.06. The molecule has 2 aliphatic heterocycles. The Labute approximate surface area is 202 Å². The van der Waals surface area contributed by atoms with Crippen LogP contribution in [0.25, 0.3) is 0 Å². The maximum absolute atomic E-state index is 13.5. The molecule has 2 aliphatic rings. The Morgan fingerprint density at radius 1 is 1.38 bits per heavy atom. The van der Waals surface area contributed by atoms with Crippen molar-refractivity contribution in [1.29, 1.82) is 5.26 Å². The van der Waals surface area contributed by atoms with Crippen LogP contribution in [-0.4, -0.2) is 61.6 Å². The van der Waals surface area contributed by atoms with Crippen molar-refractivity contribution in [3.63, 3.8) is 0 Å². The molecule has 2 aromatic rings. The largest absolute Gasteiger partial charge is 0.343 e. The van der Waals surface area contributed by atoms with E-state index in [0.717, 1.165) is 10.5 Å². The number of alkyl halides is 2. The zero-order valence-corrected chi connectivity index (χ0v) is 19.6. The number of benzene rings is 1. The summed E-state index contributed by atoms with van der Waals surface area (Å²) in [5, 5.41) is 15.6. The Kier molecular flexibility index (Phi) is 6.73.